The van der Waals surface area contributed by atoms with Crippen LogP contribution in [0, 0.1) is 0 Å². The Kier molecular flexibility index (Phi) is 55.2. The zero-order valence-electron chi connectivity index (χ0n) is 52.6. The van der Waals surface area contributed by atoms with E-state index < -0.39 is 59.9 Å². The lowest BCUT2D eigenvalue weighted by Gasteiger charge is -2.41. The highest BCUT2D eigenvalue weighted by Gasteiger charge is 2.48. The van der Waals surface area contributed by atoms with Crippen LogP contribution in [0.15, 0.2) is 24.3 Å². The van der Waals surface area contributed by atoms with Crippen LogP contribution in [0.2, 0.25) is 0 Å². The number of ether oxygens (including phenoxy) is 2. The van der Waals surface area contributed by atoms with Crippen LogP contribution in [0.3, 0.4) is 0 Å². The van der Waals surface area contributed by atoms with E-state index in [-0.39, 0.29) is 18.9 Å². The third-order valence-electron chi connectivity index (χ3n) is 16.7. The third kappa shape index (κ3) is 49.4. The average molecular weight is 1170 g/mol. The van der Waals surface area contributed by atoms with E-state index in [1.807, 2.05) is 6.08 Å². The molecule has 13 heteroatoms. The molecule has 7 atom stereocenters. The number of aliphatic hydroxyl groups is 4. The van der Waals surface area contributed by atoms with E-state index in [2.05, 4.69) is 35.5 Å². The molecule has 0 radical (unpaired) electrons. The first kappa shape index (κ1) is 77.6. The van der Waals surface area contributed by atoms with Crippen molar-refractivity contribution in [2.45, 2.75) is 391 Å². The number of unbranched alkanes of at least 4 members (excludes halogenated alkanes) is 48. The molecule has 1 rings (SSSR count). The van der Waals surface area contributed by atoms with Crippen molar-refractivity contribution in [1.82, 2.24) is 5.32 Å². The second-order valence-electron chi connectivity index (χ2n) is 24.5. The van der Waals surface area contributed by atoms with E-state index >= 15 is 0 Å². The van der Waals surface area contributed by atoms with Gasteiger partial charge in [0.05, 0.1) is 25.4 Å². The van der Waals surface area contributed by atoms with Gasteiger partial charge >= 0.3 is 10.4 Å². The number of aliphatic hydroxyl groups excluding tert-OH is 4. The number of allylic oxidation sites excluding steroid dienone is 3. The van der Waals surface area contributed by atoms with Gasteiger partial charge in [-0.2, -0.15) is 8.42 Å². The van der Waals surface area contributed by atoms with Crippen LogP contribution in [-0.2, 0) is 28.9 Å². The number of nitrogens with one attached hydrogen (secondary N) is 1. The van der Waals surface area contributed by atoms with E-state index in [4.69, 9.17) is 9.47 Å². The molecule has 0 aliphatic carbocycles. The zero-order chi connectivity index (χ0) is 59.0. The molecule has 0 aromatic rings. The quantitative estimate of drug-likeness (QED) is 0.0193. The van der Waals surface area contributed by atoms with E-state index in [1.54, 1.807) is 6.08 Å². The van der Waals surface area contributed by atoms with E-state index in [1.165, 1.54) is 283 Å². The minimum Gasteiger partial charge on any atom is -0.394 e. The third-order valence-corrected chi connectivity index (χ3v) is 17.2. The van der Waals surface area contributed by atoms with Gasteiger partial charge in [0, 0.05) is 6.42 Å². The van der Waals surface area contributed by atoms with Gasteiger partial charge in [-0.15, -0.1) is 0 Å². The average Bonchev–Trinajstić information content (AvgIpc) is 3.48. The summed E-state index contributed by atoms with van der Waals surface area (Å²) in [7, 11) is -5.09. The van der Waals surface area contributed by atoms with Crippen molar-refractivity contribution in [3.8, 4) is 0 Å². The van der Waals surface area contributed by atoms with Crippen LogP contribution in [-0.4, -0.2) is 95.4 Å². The van der Waals surface area contributed by atoms with E-state index in [9.17, 15) is 38.2 Å². The number of carbonyl (C=O) groups excluding carboxylic acids is 1. The first-order chi connectivity index (χ1) is 39.5. The maximum atomic E-state index is 13.2. The van der Waals surface area contributed by atoms with E-state index in [0.29, 0.717) is 6.42 Å². The standard InChI is InChI=1S/C68H131NO11S/c1-3-5-7-9-11-13-15-17-19-21-23-25-27-29-30-31-32-34-36-38-40-42-44-46-48-50-52-54-56-58-64(72)69-61(60-78-68-66(74)67(80-81(75,76)77)65(73)63(59-70)79-68)62(71)57-55-53-51-49-47-45-43-41-39-37-35-33-28-26-24-22-20-18-16-14-12-10-8-6-4-2/h29-30,55,57,61-63,65-68,70-71,73-74H,3-28,31-54,56,58-60H2,1-2H3,(H,69,72)(H,75,76,77)/b30-29-,57-55+. The molecule has 480 valence electrons. The molecule has 0 aromatic carbocycles. The molecule has 0 aromatic heterocycles. The molecule has 0 bridgehead atoms. The topological polar surface area (TPSA) is 192 Å². The summed E-state index contributed by atoms with van der Waals surface area (Å²) in [6.45, 7) is 3.46. The highest BCUT2D eigenvalue weighted by Crippen LogP contribution is 2.26. The fourth-order valence-electron chi connectivity index (χ4n) is 11.4. The summed E-state index contributed by atoms with van der Waals surface area (Å²) >= 11 is 0. The number of carbonyl (C=O) groups is 1. The molecule has 1 saturated heterocycles. The number of rotatable bonds is 62. The zero-order valence-corrected chi connectivity index (χ0v) is 53.4. The minimum atomic E-state index is -5.09. The molecular formula is C68H131NO11S. The molecule has 81 heavy (non-hydrogen) atoms. The fraction of sp³-hybridized carbons (Fsp3) is 0.926. The summed E-state index contributed by atoms with van der Waals surface area (Å²) in [4.78, 5) is 13.2. The first-order valence-corrected chi connectivity index (χ1v) is 36.1. The van der Waals surface area contributed by atoms with Crippen molar-refractivity contribution in [3.63, 3.8) is 0 Å². The molecule has 7 unspecified atom stereocenters. The van der Waals surface area contributed by atoms with Gasteiger partial charge in [0.1, 0.15) is 24.4 Å². The molecule has 12 nitrogen and oxygen atoms in total. The Balaban J connectivity index is 2.26. The maximum Gasteiger partial charge on any atom is 0.397 e. The lowest BCUT2D eigenvalue weighted by molar-refractivity contribution is -0.298. The highest BCUT2D eigenvalue weighted by atomic mass is 32.3. The van der Waals surface area contributed by atoms with Crippen molar-refractivity contribution in [2.75, 3.05) is 13.2 Å². The Morgan fingerprint density at radius 3 is 1.11 bits per heavy atom. The first-order valence-electron chi connectivity index (χ1n) is 34.7. The SMILES string of the molecule is CCCCCCCCCCCCCC/C=C\CCCCCCCCCCCCCCCC(=O)NC(COC1OC(CO)C(O)C(OS(=O)(=O)O)C1O)C(O)/C=C/CCCCCCCCCCCCCCCCCCCCCCCCC. The lowest BCUT2D eigenvalue weighted by Crippen LogP contribution is -2.61. The van der Waals surface area contributed by atoms with Crippen LogP contribution in [0.1, 0.15) is 348 Å². The summed E-state index contributed by atoms with van der Waals surface area (Å²) < 4.78 is 48.0. The Morgan fingerprint density at radius 2 is 0.790 bits per heavy atom. The monoisotopic (exact) mass is 1170 g/mol. The number of amides is 1. The largest absolute Gasteiger partial charge is 0.397 e. The highest BCUT2D eigenvalue weighted by molar-refractivity contribution is 7.80. The maximum absolute atomic E-state index is 13.2. The second kappa shape index (κ2) is 57.6. The number of hydrogen-bond acceptors (Lipinski definition) is 10. The fourth-order valence-corrected chi connectivity index (χ4v) is 11.9. The van der Waals surface area contributed by atoms with Crippen molar-refractivity contribution in [1.29, 1.82) is 0 Å². The Morgan fingerprint density at radius 1 is 0.481 bits per heavy atom. The van der Waals surface area contributed by atoms with Gasteiger partial charge in [0.15, 0.2) is 6.29 Å². The van der Waals surface area contributed by atoms with Crippen molar-refractivity contribution < 1.29 is 51.8 Å². The van der Waals surface area contributed by atoms with Gasteiger partial charge in [-0.3, -0.25) is 9.35 Å². The van der Waals surface area contributed by atoms with Gasteiger partial charge in [-0.25, -0.2) is 4.18 Å². The predicted octanol–water partition coefficient (Wildman–Crippen LogP) is 17.9. The molecule has 6 N–H and O–H groups in total. The van der Waals surface area contributed by atoms with Gasteiger partial charge in [0.25, 0.3) is 0 Å². The summed E-state index contributed by atoms with van der Waals surface area (Å²) in [5.74, 6) is -0.256. The molecule has 0 saturated carbocycles. The molecular weight excluding hydrogens is 1040 g/mol. The normalized spacial score (nSPS) is 18.6. The molecule has 0 spiro atoms. The van der Waals surface area contributed by atoms with Crippen LogP contribution >= 0.6 is 0 Å². The van der Waals surface area contributed by atoms with Gasteiger partial charge in [-0.05, 0) is 44.9 Å². The van der Waals surface area contributed by atoms with Crippen molar-refractivity contribution in [2.24, 2.45) is 0 Å². The Bertz CT molecular complexity index is 1520. The van der Waals surface area contributed by atoms with Crippen molar-refractivity contribution >= 4 is 16.3 Å². The van der Waals surface area contributed by atoms with Gasteiger partial charge in [0.2, 0.25) is 5.91 Å². The van der Waals surface area contributed by atoms with E-state index in [0.717, 1.165) is 38.5 Å². The van der Waals surface area contributed by atoms with Crippen molar-refractivity contribution in [3.05, 3.63) is 24.3 Å². The van der Waals surface area contributed by atoms with Crippen LogP contribution in [0.4, 0.5) is 0 Å². The van der Waals surface area contributed by atoms with Gasteiger partial charge < -0.3 is 35.2 Å². The number of hydrogen-bond donors (Lipinski definition) is 6. The predicted molar refractivity (Wildman–Crippen MR) is 338 cm³/mol. The lowest BCUT2D eigenvalue weighted by atomic mass is 9.99. The Labute approximate surface area is 499 Å². The van der Waals surface area contributed by atoms with Crippen LogP contribution in [0.25, 0.3) is 0 Å². The molecule has 1 amide bonds. The van der Waals surface area contributed by atoms with Crippen LogP contribution in [0.5, 0.6) is 0 Å². The summed E-state index contributed by atoms with van der Waals surface area (Å²) in [5, 5.41) is 45.2. The summed E-state index contributed by atoms with van der Waals surface area (Å²) in [6, 6.07) is -0.944. The second-order valence-corrected chi connectivity index (χ2v) is 25.5. The molecule has 1 fully saturated rings. The summed E-state index contributed by atoms with van der Waals surface area (Å²) in [6.07, 6.45) is 65.3. The molecule has 1 heterocycles. The van der Waals surface area contributed by atoms with Gasteiger partial charge in [-0.1, -0.05) is 321 Å². The minimum absolute atomic E-state index is 0.256. The Hall–Kier alpha value is -1.42. The smallest absolute Gasteiger partial charge is 0.394 e. The van der Waals surface area contributed by atoms with Crippen LogP contribution < -0.4 is 5.32 Å². The molecule has 1 aliphatic rings. The molecule has 1 aliphatic heterocycles. The summed E-state index contributed by atoms with van der Waals surface area (Å²) in [5.41, 5.74) is 0.